The number of hydrogen-bond acceptors (Lipinski definition) is 3. The first-order chi connectivity index (χ1) is 6.87. The summed E-state index contributed by atoms with van der Waals surface area (Å²) in [4.78, 5) is 0. The molecule has 86 valence electrons. The quantitative estimate of drug-likeness (QED) is 0.726. The van der Waals surface area contributed by atoms with Gasteiger partial charge in [-0.1, -0.05) is 6.42 Å². The van der Waals surface area contributed by atoms with Crippen LogP contribution in [0.4, 0.5) is 13.2 Å². The fraction of sp³-hybridized carbons (Fsp3) is 0.889. The molecule has 1 rings (SSSR count). The van der Waals surface area contributed by atoms with Crippen LogP contribution >= 0.6 is 0 Å². The Bertz CT molecular complexity index is 261. The third kappa shape index (κ3) is 3.36. The second-order valence-electron chi connectivity index (χ2n) is 3.70. The van der Waals surface area contributed by atoms with E-state index in [0.717, 1.165) is 0 Å². The third-order valence-electron chi connectivity index (χ3n) is 2.45. The van der Waals surface area contributed by atoms with Crippen LogP contribution in [0.3, 0.4) is 0 Å². The van der Waals surface area contributed by atoms with Crippen LogP contribution in [0.1, 0.15) is 25.7 Å². The molecule has 1 aliphatic rings. The minimum Gasteiger partial charge on any atom is -0.373 e. The van der Waals surface area contributed by atoms with Crippen molar-refractivity contribution in [3.63, 3.8) is 0 Å². The van der Waals surface area contributed by atoms with E-state index in [-0.39, 0.29) is 6.42 Å². The number of nitrogens with zero attached hydrogens (tertiary/aromatic N) is 1. The van der Waals surface area contributed by atoms with E-state index in [2.05, 4.69) is 4.74 Å². The molecule has 15 heavy (non-hydrogen) atoms. The van der Waals surface area contributed by atoms with Gasteiger partial charge in [-0.15, -0.1) is 0 Å². The first kappa shape index (κ1) is 12.3. The second kappa shape index (κ2) is 4.37. The maximum absolute atomic E-state index is 11.9. The summed E-state index contributed by atoms with van der Waals surface area (Å²) in [5, 5.41) is 18.4. The highest BCUT2D eigenvalue weighted by molar-refractivity contribution is 5.07. The van der Waals surface area contributed by atoms with Gasteiger partial charge in [-0.2, -0.15) is 18.4 Å². The van der Waals surface area contributed by atoms with Crippen molar-refractivity contribution in [3.8, 4) is 6.07 Å². The standard InChI is InChI=1S/C9H12F3NO2/c10-9(11,12)6-15-7-3-1-2-4-8(7,14)5-13/h7,14H,1-4,6H2. The van der Waals surface area contributed by atoms with Crippen LogP contribution < -0.4 is 0 Å². The van der Waals surface area contributed by atoms with Gasteiger partial charge < -0.3 is 9.84 Å². The van der Waals surface area contributed by atoms with E-state index in [0.29, 0.717) is 19.3 Å². The predicted octanol–water partition coefficient (Wildman–Crippen LogP) is 1.76. The molecule has 0 aromatic carbocycles. The molecule has 1 aliphatic carbocycles. The lowest BCUT2D eigenvalue weighted by Gasteiger charge is -2.34. The fourth-order valence-corrected chi connectivity index (χ4v) is 1.67. The van der Waals surface area contributed by atoms with E-state index in [4.69, 9.17) is 5.26 Å². The summed E-state index contributed by atoms with van der Waals surface area (Å²) in [6.07, 6.45) is -3.68. The Labute approximate surface area is 85.4 Å². The van der Waals surface area contributed by atoms with Crippen LogP contribution in [0.25, 0.3) is 0 Å². The molecular formula is C9H12F3NO2. The zero-order valence-corrected chi connectivity index (χ0v) is 8.05. The molecule has 6 heteroatoms. The SMILES string of the molecule is N#CC1(O)CCCCC1OCC(F)(F)F. The molecule has 1 fully saturated rings. The van der Waals surface area contributed by atoms with E-state index in [9.17, 15) is 18.3 Å². The molecule has 0 aromatic heterocycles. The Morgan fingerprint density at radius 1 is 1.47 bits per heavy atom. The number of aliphatic hydroxyl groups is 1. The zero-order chi connectivity index (χ0) is 11.5. The zero-order valence-electron chi connectivity index (χ0n) is 8.05. The maximum atomic E-state index is 11.9. The second-order valence-corrected chi connectivity index (χ2v) is 3.70. The molecule has 2 unspecified atom stereocenters. The van der Waals surface area contributed by atoms with E-state index < -0.39 is 24.5 Å². The Morgan fingerprint density at radius 2 is 2.13 bits per heavy atom. The summed E-state index contributed by atoms with van der Waals surface area (Å²) in [6, 6.07) is 1.63. The van der Waals surface area contributed by atoms with Gasteiger partial charge in [0.25, 0.3) is 0 Å². The van der Waals surface area contributed by atoms with Crippen molar-refractivity contribution in [1.29, 1.82) is 5.26 Å². The van der Waals surface area contributed by atoms with E-state index >= 15 is 0 Å². The smallest absolute Gasteiger partial charge is 0.373 e. The van der Waals surface area contributed by atoms with E-state index in [1.165, 1.54) is 0 Å². The molecule has 0 heterocycles. The molecule has 2 atom stereocenters. The van der Waals surface area contributed by atoms with Crippen LogP contribution in [0, 0.1) is 11.3 Å². The number of halogens is 3. The van der Waals surface area contributed by atoms with Gasteiger partial charge in [0.15, 0.2) is 5.60 Å². The molecule has 0 spiro atoms. The molecule has 0 bridgehead atoms. The average Bonchev–Trinajstić information content (AvgIpc) is 2.15. The summed E-state index contributed by atoms with van der Waals surface area (Å²) in [7, 11) is 0. The van der Waals surface area contributed by atoms with Crippen LogP contribution in [-0.2, 0) is 4.74 Å². The predicted molar refractivity (Wildman–Crippen MR) is 44.8 cm³/mol. The van der Waals surface area contributed by atoms with Gasteiger partial charge in [0.1, 0.15) is 18.8 Å². The number of rotatable bonds is 2. The number of nitriles is 1. The van der Waals surface area contributed by atoms with Crippen molar-refractivity contribution in [3.05, 3.63) is 0 Å². The van der Waals surface area contributed by atoms with Crippen molar-refractivity contribution >= 4 is 0 Å². The highest BCUT2D eigenvalue weighted by atomic mass is 19.4. The summed E-state index contributed by atoms with van der Waals surface area (Å²) < 4.78 is 40.2. The van der Waals surface area contributed by atoms with Crippen LogP contribution in [0.15, 0.2) is 0 Å². The van der Waals surface area contributed by atoms with Gasteiger partial charge >= 0.3 is 6.18 Å². The Kier molecular flexibility index (Phi) is 3.58. The normalized spacial score (nSPS) is 32.3. The molecule has 0 aliphatic heterocycles. The lowest BCUT2D eigenvalue weighted by Crippen LogP contribution is -2.46. The monoisotopic (exact) mass is 223 g/mol. The molecule has 3 nitrogen and oxygen atoms in total. The molecule has 1 N–H and O–H groups in total. The number of hydrogen-bond donors (Lipinski definition) is 1. The van der Waals surface area contributed by atoms with Gasteiger partial charge in [0.2, 0.25) is 0 Å². The topological polar surface area (TPSA) is 53.2 Å². The lowest BCUT2D eigenvalue weighted by atomic mass is 9.83. The van der Waals surface area contributed by atoms with Crippen molar-refractivity contribution in [2.24, 2.45) is 0 Å². The van der Waals surface area contributed by atoms with Crippen molar-refractivity contribution < 1.29 is 23.0 Å². The van der Waals surface area contributed by atoms with Crippen LogP contribution in [-0.4, -0.2) is 29.6 Å². The summed E-state index contributed by atoms with van der Waals surface area (Å²) in [6.45, 7) is -1.42. The Morgan fingerprint density at radius 3 is 2.67 bits per heavy atom. The summed E-state index contributed by atoms with van der Waals surface area (Å²) in [5.41, 5.74) is -1.76. The maximum Gasteiger partial charge on any atom is 0.411 e. The highest BCUT2D eigenvalue weighted by Gasteiger charge is 2.42. The Balaban J connectivity index is 2.55. The van der Waals surface area contributed by atoms with Gasteiger partial charge in [-0.25, -0.2) is 0 Å². The number of ether oxygens (including phenoxy) is 1. The molecule has 1 saturated carbocycles. The van der Waals surface area contributed by atoms with Crippen LogP contribution in [0.5, 0.6) is 0 Å². The van der Waals surface area contributed by atoms with E-state index in [1.54, 1.807) is 6.07 Å². The minimum absolute atomic E-state index is 0.173. The lowest BCUT2D eigenvalue weighted by molar-refractivity contribution is -0.206. The summed E-state index contributed by atoms with van der Waals surface area (Å²) in [5.74, 6) is 0. The van der Waals surface area contributed by atoms with Gasteiger partial charge in [0.05, 0.1) is 0 Å². The van der Waals surface area contributed by atoms with Crippen molar-refractivity contribution in [2.75, 3.05) is 6.61 Å². The molecule has 0 amide bonds. The van der Waals surface area contributed by atoms with Crippen molar-refractivity contribution in [2.45, 2.75) is 43.6 Å². The minimum atomic E-state index is -4.42. The fourth-order valence-electron chi connectivity index (χ4n) is 1.67. The molecule has 0 saturated heterocycles. The van der Waals surface area contributed by atoms with Gasteiger partial charge in [0, 0.05) is 0 Å². The molecule has 0 aromatic rings. The highest BCUT2D eigenvalue weighted by Crippen LogP contribution is 2.31. The molecule has 0 radical (unpaired) electrons. The van der Waals surface area contributed by atoms with E-state index in [1.807, 2.05) is 0 Å². The third-order valence-corrected chi connectivity index (χ3v) is 2.45. The molecular weight excluding hydrogens is 211 g/mol. The largest absolute Gasteiger partial charge is 0.411 e. The average molecular weight is 223 g/mol. The number of alkyl halides is 3. The Hall–Kier alpha value is -0.800. The summed E-state index contributed by atoms with van der Waals surface area (Å²) >= 11 is 0. The van der Waals surface area contributed by atoms with Gasteiger partial charge in [-0.3, -0.25) is 0 Å². The van der Waals surface area contributed by atoms with Gasteiger partial charge in [-0.05, 0) is 19.3 Å². The first-order valence-corrected chi connectivity index (χ1v) is 4.69. The van der Waals surface area contributed by atoms with Crippen LogP contribution in [0.2, 0.25) is 0 Å². The van der Waals surface area contributed by atoms with Crippen molar-refractivity contribution in [1.82, 2.24) is 0 Å². The first-order valence-electron chi connectivity index (χ1n) is 4.69.